The normalized spacial score (nSPS) is 12.3. The van der Waals surface area contributed by atoms with Gasteiger partial charge in [-0.25, -0.2) is 4.79 Å². The van der Waals surface area contributed by atoms with Gasteiger partial charge >= 0.3 is 12.1 Å². The van der Waals surface area contributed by atoms with Gasteiger partial charge in [0.15, 0.2) is 5.78 Å². The van der Waals surface area contributed by atoms with Crippen LogP contribution >= 0.6 is 0 Å². The summed E-state index contributed by atoms with van der Waals surface area (Å²) in [6.07, 6.45) is 2.32. The number of Topliss-reactive ketones (excluding diaryl/α,β-unsaturated/α-hetero) is 1. The number of esters is 1. The second kappa shape index (κ2) is 14.4. The molecule has 1 amide bonds. The zero-order chi connectivity index (χ0) is 20.7. The zero-order valence-corrected chi connectivity index (χ0v) is 17.3. The van der Waals surface area contributed by atoms with Crippen molar-refractivity contribution >= 4 is 17.8 Å². The number of methoxy groups -OCH3 is 2. The molecule has 1 N–H and O–H groups in total. The fourth-order valence-electron chi connectivity index (χ4n) is 2.30. The van der Waals surface area contributed by atoms with Crippen molar-refractivity contribution in [3.8, 4) is 0 Å². The van der Waals surface area contributed by atoms with Gasteiger partial charge in [0.25, 0.3) is 0 Å². The SMILES string of the molecule is COCCOC(=O)CCCCCC(NC(=O)OCCOC)C(=O)C(C)(C)C. The number of hydrogen-bond donors (Lipinski definition) is 1. The molecule has 0 aliphatic rings. The lowest BCUT2D eigenvalue weighted by Gasteiger charge is -2.25. The van der Waals surface area contributed by atoms with E-state index in [1.807, 2.05) is 20.8 Å². The lowest BCUT2D eigenvalue weighted by atomic mass is 9.84. The number of nitrogens with one attached hydrogen (secondary N) is 1. The summed E-state index contributed by atoms with van der Waals surface area (Å²) < 4.78 is 19.6. The average Bonchev–Trinajstić information content (AvgIpc) is 2.59. The number of hydrogen-bond acceptors (Lipinski definition) is 7. The van der Waals surface area contributed by atoms with Crippen molar-refractivity contribution in [2.24, 2.45) is 5.41 Å². The second-order valence-corrected chi connectivity index (χ2v) is 7.25. The molecule has 158 valence electrons. The monoisotopic (exact) mass is 389 g/mol. The summed E-state index contributed by atoms with van der Waals surface area (Å²) in [4.78, 5) is 35.9. The Labute approximate surface area is 162 Å². The maximum Gasteiger partial charge on any atom is 0.407 e. The Morgan fingerprint density at radius 2 is 1.44 bits per heavy atom. The summed E-state index contributed by atoms with van der Waals surface area (Å²) >= 11 is 0. The van der Waals surface area contributed by atoms with Crippen LogP contribution in [0.1, 0.15) is 52.9 Å². The highest BCUT2D eigenvalue weighted by Gasteiger charge is 2.30. The first-order valence-electron chi connectivity index (χ1n) is 9.33. The molecule has 8 heteroatoms. The van der Waals surface area contributed by atoms with Crippen LogP contribution < -0.4 is 5.32 Å². The van der Waals surface area contributed by atoms with Crippen LogP contribution in [0.15, 0.2) is 0 Å². The lowest BCUT2D eigenvalue weighted by molar-refractivity contribution is -0.145. The molecule has 0 fully saturated rings. The Bertz CT molecular complexity index is 446. The fraction of sp³-hybridized carbons (Fsp3) is 0.842. The van der Waals surface area contributed by atoms with E-state index in [9.17, 15) is 14.4 Å². The number of rotatable bonds is 14. The van der Waals surface area contributed by atoms with Gasteiger partial charge in [-0.2, -0.15) is 0 Å². The quantitative estimate of drug-likeness (QED) is 0.360. The van der Waals surface area contributed by atoms with Crippen LogP contribution in [-0.2, 0) is 28.5 Å². The van der Waals surface area contributed by atoms with Gasteiger partial charge in [-0.3, -0.25) is 9.59 Å². The molecule has 0 rings (SSSR count). The summed E-state index contributed by atoms with van der Waals surface area (Å²) in [7, 11) is 3.06. The smallest absolute Gasteiger partial charge is 0.407 e. The predicted octanol–water partition coefficient (Wildman–Crippen LogP) is 2.48. The van der Waals surface area contributed by atoms with E-state index in [4.69, 9.17) is 18.9 Å². The van der Waals surface area contributed by atoms with Crippen LogP contribution in [0.3, 0.4) is 0 Å². The van der Waals surface area contributed by atoms with E-state index in [1.165, 1.54) is 7.11 Å². The Morgan fingerprint density at radius 1 is 0.852 bits per heavy atom. The van der Waals surface area contributed by atoms with Crippen LogP contribution in [0, 0.1) is 5.41 Å². The van der Waals surface area contributed by atoms with Gasteiger partial charge in [0.2, 0.25) is 0 Å². The first-order valence-corrected chi connectivity index (χ1v) is 9.33. The Balaban J connectivity index is 4.30. The van der Waals surface area contributed by atoms with Gasteiger partial charge < -0.3 is 24.3 Å². The van der Waals surface area contributed by atoms with Crippen molar-refractivity contribution in [3.63, 3.8) is 0 Å². The Hall–Kier alpha value is -1.67. The maximum atomic E-state index is 12.6. The fourth-order valence-corrected chi connectivity index (χ4v) is 2.30. The molecule has 8 nitrogen and oxygen atoms in total. The van der Waals surface area contributed by atoms with E-state index in [0.29, 0.717) is 38.9 Å². The highest BCUT2D eigenvalue weighted by molar-refractivity contribution is 5.91. The summed E-state index contributed by atoms with van der Waals surface area (Å²) in [6.45, 7) is 6.51. The molecule has 0 aromatic heterocycles. The summed E-state index contributed by atoms with van der Waals surface area (Å²) in [6, 6.07) is -0.617. The van der Waals surface area contributed by atoms with Crippen molar-refractivity contribution in [1.29, 1.82) is 0 Å². The molecule has 1 unspecified atom stereocenters. The molecular weight excluding hydrogens is 354 g/mol. The third-order valence-corrected chi connectivity index (χ3v) is 3.79. The second-order valence-electron chi connectivity index (χ2n) is 7.25. The standard InChI is InChI=1S/C19H35NO7/c1-19(2,3)17(22)15(20-18(23)27-14-12-25-5)9-7-6-8-10-16(21)26-13-11-24-4/h15H,6-14H2,1-5H3,(H,20,23). The van der Waals surface area contributed by atoms with E-state index in [-0.39, 0.29) is 25.0 Å². The van der Waals surface area contributed by atoms with Crippen molar-refractivity contribution < 1.29 is 33.3 Å². The molecule has 0 spiro atoms. The van der Waals surface area contributed by atoms with Gasteiger partial charge in [-0.15, -0.1) is 0 Å². The lowest BCUT2D eigenvalue weighted by Crippen LogP contribution is -2.46. The van der Waals surface area contributed by atoms with Crippen LogP contribution in [-0.4, -0.2) is 64.5 Å². The summed E-state index contributed by atoms with van der Waals surface area (Å²) in [5, 5.41) is 2.64. The van der Waals surface area contributed by atoms with Crippen molar-refractivity contribution in [1.82, 2.24) is 5.32 Å². The predicted molar refractivity (Wildman–Crippen MR) is 101 cm³/mol. The number of ether oxygens (including phenoxy) is 4. The molecule has 0 aromatic rings. The molecule has 0 aromatic carbocycles. The molecule has 0 aliphatic carbocycles. The molecule has 0 saturated heterocycles. The third kappa shape index (κ3) is 13.2. The number of unbranched alkanes of at least 4 members (excludes halogenated alkanes) is 2. The van der Waals surface area contributed by atoms with Gasteiger partial charge in [0.1, 0.15) is 13.2 Å². The molecule has 0 saturated carbocycles. The van der Waals surface area contributed by atoms with E-state index < -0.39 is 17.6 Å². The van der Waals surface area contributed by atoms with Gasteiger partial charge in [-0.05, 0) is 12.8 Å². The Kier molecular flexibility index (Phi) is 13.5. The third-order valence-electron chi connectivity index (χ3n) is 3.79. The largest absolute Gasteiger partial charge is 0.463 e. The minimum atomic E-state index is -0.628. The number of amides is 1. The van der Waals surface area contributed by atoms with Crippen LogP contribution in [0.25, 0.3) is 0 Å². The van der Waals surface area contributed by atoms with Gasteiger partial charge in [-0.1, -0.05) is 33.6 Å². The number of ketones is 1. The highest BCUT2D eigenvalue weighted by Crippen LogP contribution is 2.20. The van der Waals surface area contributed by atoms with Gasteiger partial charge in [0, 0.05) is 26.1 Å². The summed E-state index contributed by atoms with van der Waals surface area (Å²) in [5.74, 6) is -0.306. The average molecular weight is 389 g/mol. The minimum absolute atomic E-state index is 0.0508. The van der Waals surface area contributed by atoms with Crippen molar-refractivity contribution in [3.05, 3.63) is 0 Å². The molecule has 1 atom stereocenters. The van der Waals surface area contributed by atoms with Gasteiger partial charge in [0.05, 0.1) is 19.3 Å². The number of carbonyl (C=O) groups is 3. The zero-order valence-electron chi connectivity index (χ0n) is 17.3. The highest BCUT2D eigenvalue weighted by atomic mass is 16.6. The van der Waals surface area contributed by atoms with Crippen LogP contribution in [0.2, 0.25) is 0 Å². The van der Waals surface area contributed by atoms with E-state index in [2.05, 4.69) is 5.32 Å². The molecule has 0 heterocycles. The topological polar surface area (TPSA) is 100 Å². The molecule has 0 radical (unpaired) electrons. The molecule has 0 bridgehead atoms. The minimum Gasteiger partial charge on any atom is -0.463 e. The first kappa shape index (κ1) is 25.3. The number of carbonyl (C=O) groups excluding carboxylic acids is 3. The van der Waals surface area contributed by atoms with Crippen molar-refractivity contribution in [2.45, 2.75) is 58.9 Å². The first-order chi connectivity index (χ1) is 12.7. The Morgan fingerprint density at radius 3 is 2.00 bits per heavy atom. The van der Waals surface area contributed by atoms with Crippen LogP contribution in [0.5, 0.6) is 0 Å². The van der Waals surface area contributed by atoms with Crippen LogP contribution in [0.4, 0.5) is 4.79 Å². The maximum absolute atomic E-state index is 12.6. The molecular formula is C19H35NO7. The van der Waals surface area contributed by atoms with E-state index in [0.717, 1.165) is 6.42 Å². The summed E-state index contributed by atoms with van der Waals surface area (Å²) in [5.41, 5.74) is -0.574. The van der Waals surface area contributed by atoms with E-state index >= 15 is 0 Å². The molecule has 0 aliphatic heterocycles. The number of alkyl carbamates (subject to hydrolysis) is 1. The molecule has 27 heavy (non-hydrogen) atoms. The van der Waals surface area contributed by atoms with Crippen molar-refractivity contribution in [2.75, 3.05) is 40.6 Å². The van der Waals surface area contributed by atoms with E-state index in [1.54, 1.807) is 7.11 Å².